The fourth-order valence-electron chi connectivity index (χ4n) is 3.97. The van der Waals surface area contributed by atoms with Crippen LogP contribution in [-0.4, -0.2) is 36.3 Å². The summed E-state index contributed by atoms with van der Waals surface area (Å²) in [5.74, 6) is 0.614. The molecule has 0 bridgehead atoms. The molecular formula is C24H26N2O5S. The molecule has 0 N–H and O–H groups in total. The van der Waals surface area contributed by atoms with Crippen LogP contribution in [0.3, 0.4) is 0 Å². The predicted octanol–water partition coefficient (Wildman–Crippen LogP) is 3.63. The van der Waals surface area contributed by atoms with Crippen molar-refractivity contribution in [3.05, 3.63) is 51.3 Å². The Balaban J connectivity index is 1.77. The molecule has 0 spiro atoms. The first kappa shape index (κ1) is 22.1. The summed E-state index contributed by atoms with van der Waals surface area (Å²) in [6, 6.07) is 7.84. The number of rotatable bonds is 5. The van der Waals surface area contributed by atoms with Gasteiger partial charge in [0.05, 0.1) is 23.2 Å². The summed E-state index contributed by atoms with van der Waals surface area (Å²) in [5, 5.41) is 0. The molecule has 32 heavy (non-hydrogen) atoms. The highest BCUT2D eigenvalue weighted by Gasteiger charge is 2.19. The van der Waals surface area contributed by atoms with E-state index in [0.29, 0.717) is 29.5 Å². The third-order valence-corrected chi connectivity index (χ3v) is 6.37. The number of aromatic nitrogens is 1. The zero-order valence-electron chi connectivity index (χ0n) is 18.7. The number of benzene rings is 2. The van der Waals surface area contributed by atoms with Crippen molar-refractivity contribution in [1.82, 2.24) is 4.57 Å². The van der Waals surface area contributed by atoms with Crippen LogP contribution in [0.25, 0.3) is 10.2 Å². The predicted molar refractivity (Wildman–Crippen MR) is 122 cm³/mol. The van der Waals surface area contributed by atoms with Gasteiger partial charge >= 0.3 is 5.97 Å². The number of nitrogens with zero attached hydrogens (tertiary/aromatic N) is 2. The van der Waals surface area contributed by atoms with Crippen LogP contribution in [0.2, 0.25) is 0 Å². The second-order valence-corrected chi connectivity index (χ2v) is 8.81. The van der Waals surface area contributed by atoms with Crippen molar-refractivity contribution in [2.75, 3.05) is 19.8 Å². The van der Waals surface area contributed by atoms with Crippen molar-refractivity contribution in [3.8, 4) is 11.5 Å². The molecule has 8 heteroatoms. The van der Waals surface area contributed by atoms with Crippen LogP contribution in [0.4, 0.5) is 0 Å². The third kappa shape index (κ3) is 4.55. The largest absolute Gasteiger partial charge is 0.486 e. The zero-order valence-corrected chi connectivity index (χ0v) is 19.5. The number of carbonyl (C=O) groups excluding carboxylic acids is 2. The number of amides is 1. The van der Waals surface area contributed by atoms with Crippen molar-refractivity contribution in [2.45, 2.75) is 40.7 Å². The summed E-state index contributed by atoms with van der Waals surface area (Å²) in [4.78, 5) is 30.0. The molecule has 1 aliphatic rings. The maximum absolute atomic E-state index is 12.9. The molecule has 3 aromatic rings. The lowest BCUT2D eigenvalue weighted by atomic mass is 9.97. The van der Waals surface area contributed by atoms with Crippen LogP contribution in [0.5, 0.6) is 11.5 Å². The maximum atomic E-state index is 12.9. The molecule has 2 heterocycles. The molecule has 4 rings (SSSR count). The van der Waals surface area contributed by atoms with Crippen molar-refractivity contribution < 1.29 is 23.8 Å². The van der Waals surface area contributed by atoms with Crippen LogP contribution in [0, 0.1) is 20.8 Å². The van der Waals surface area contributed by atoms with E-state index in [1.165, 1.54) is 16.9 Å². The Bertz CT molecular complexity index is 1250. The Morgan fingerprint density at radius 1 is 1.06 bits per heavy atom. The quantitative estimate of drug-likeness (QED) is 0.550. The minimum absolute atomic E-state index is 0.0395. The SMILES string of the molecule is CCOC(=O)Cn1c(=NC(=O)Cc2c(C)cc(C)cc2C)sc2cc3c(cc21)OCCO3. The van der Waals surface area contributed by atoms with Crippen LogP contribution in [0.1, 0.15) is 29.2 Å². The Morgan fingerprint density at radius 2 is 1.72 bits per heavy atom. The lowest BCUT2D eigenvalue weighted by Gasteiger charge is -2.18. The summed E-state index contributed by atoms with van der Waals surface area (Å²) in [6.07, 6.45) is 0.203. The van der Waals surface area contributed by atoms with Crippen molar-refractivity contribution in [1.29, 1.82) is 0 Å². The molecule has 1 aromatic heterocycles. The molecular weight excluding hydrogens is 428 g/mol. The van der Waals surface area contributed by atoms with Gasteiger partial charge in [-0.3, -0.25) is 9.59 Å². The van der Waals surface area contributed by atoms with Gasteiger partial charge in [0.15, 0.2) is 16.3 Å². The van der Waals surface area contributed by atoms with E-state index < -0.39 is 0 Å². The van der Waals surface area contributed by atoms with Gasteiger partial charge in [-0.15, -0.1) is 0 Å². The van der Waals surface area contributed by atoms with Gasteiger partial charge in [-0.25, -0.2) is 0 Å². The number of ether oxygens (including phenoxy) is 3. The Kier molecular flexibility index (Phi) is 6.32. The van der Waals surface area contributed by atoms with Gasteiger partial charge in [-0.1, -0.05) is 29.0 Å². The second-order valence-electron chi connectivity index (χ2n) is 7.80. The minimum Gasteiger partial charge on any atom is -0.486 e. The van der Waals surface area contributed by atoms with Gasteiger partial charge < -0.3 is 18.8 Å². The van der Waals surface area contributed by atoms with E-state index in [1.807, 2.05) is 32.9 Å². The van der Waals surface area contributed by atoms with Gasteiger partial charge in [-0.2, -0.15) is 4.99 Å². The molecule has 7 nitrogen and oxygen atoms in total. The zero-order chi connectivity index (χ0) is 22.8. The Hall–Kier alpha value is -3.13. The molecule has 0 fully saturated rings. The Morgan fingerprint density at radius 3 is 2.38 bits per heavy atom. The molecule has 0 saturated carbocycles. The standard InChI is InChI=1S/C24H26N2O5S/c1-5-29-23(28)13-26-18-11-19-20(31-7-6-30-19)12-21(18)32-24(26)25-22(27)10-17-15(3)8-14(2)9-16(17)4/h8-9,11-12H,5-7,10,13H2,1-4H3. The summed E-state index contributed by atoms with van der Waals surface area (Å²) < 4.78 is 19.1. The number of thiazole rings is 1. The topological polar surface area (TPSA) is 79.1 Å². The molecule has 168 valence electrons. The van der Waals surface area contributed by atoms with E-state index in [1.54, 1.807) is 11.5 Å². The molecule has 0 unspecified atom stereocenters. The van der Waals surface area contributed by atoms with Crippen molar-refractivity contribution in [3.63, 3.8) is 0 Å². The first-order valence-electron chi connectivity index (χ1n) is 10.6. The molecule has 1 amide bonds. The summed E-state index contributed by atoms with van der Waals surface area (Å²) >= 11 is 1.34. The molecule has 1 aliphatic heterocycles. The normalized spacial score (nSPS) is 13.4. The van der Waals surface area contributed by atoms with E-state index >= 15 is 0 Å². The van der Waals surface area contributed by atoms with Crippen molar-refractivity contribution in [2.24, 2.45) is 4.99 Å². The van der Waals surface area contributed by atoms with Crippen LogP contribution < -0.4 is 14.3 Å². The van der Waals surface area contributed by atoms with E-state index in [0.717, 1.165) is 26.9 Å². The lowest BCUT2D eigenvalue weighted by molar-refractivity contribution is -0.143. The molecule has 2 aromatic carbocycles. The van der Waals surface area contributed by atoms with Gasteiger partial charge in [-0.05, 0) is 44.4 Å². The van der Waals surface area contributed by atoms with E-state index in [9.17, 15) is 9.59 Å². The first-order valence-corrected chi connectivity index (χ1v) is 11.4. The number of aryl methyl sites for hydroxylation is 3. The van der Waals surface area contributed by atoms with Gasteiger partial charge in [0.25, 0.3) is 5.91 Å². The van der Waals surface area contributed by atoms with Crippen LogP contribution in [-0.2, 0) is 27.3 Å². The highest BCUT2D eigenvalue weighted by Crippen LogP contribution is 2.35. The smallest absolute Gasteiger partial charge is 0.326 e. The van der Waals surface area contributed by atoms with E-state index in [2.05, 4.69) is 17.1 Å². The monoisotopic (exact) mass is 454 g/mol. The number of carbonyl (C=O) groups is 2. The molecule has 0 radical (unpaired) electrons. The highest BCUT2D eigenvalue weighted by atomic mass is 32.1. The highest BCUT2D eigenvalue weighted by molar-refractivity contribution is 7.16. The summed E-state index contributed by atoms with van der Waals surface area (Å²) in [7, 11) is 0. The van der Waals surface area contributed by atoms with Gasteiger partial charge in [0.1, 0.15) is 19.8 Å². The summed E-state index contributed by atoms with van der Waals surface area (Å²) in [6.45, 7) is 9.01. The van der Waals surface area contributed by atoms with Gasteiger partial charge in [0.2, 0.25) is 0 Å². The average Bonchev–Trinajstić information content (AvgIpc) is 3.05. The minimum atomic E-state index is -0.388. The average molecular weight is 455 g/mol. The fourth-order valence-corrected chi connectivity index (χ4v) is 5.02. The third-order valence-electron chi connectivity index (χ3n) is 5.33. The molecule has 0 atom stereocenters. The van der Waals surface area contributed by atoms with E-state index in [4.69, 9.17) is 14.2 Å². The number of hydrogen-bond acceptors (Lipinski definition) is 6. The first-order chi connectivity index (χ1) is 15.4. The molecule has 0 aliphatic carbocycles. The van der Waals surface area contributed by atoms with Crippen molar-refractivity contribution >= 4 is 33.4 Å². The summed E-state index contributed by atoms with van der Waals surface area (Å²) in [5.41, 5.74) is 5.05. The fraction of sp³-hybridized carbons (Fsp3) is 0.375. The molecule has 0 saturated heterocycles. The van der Waals surface area contributed by atoms with E-state index in [-0.39, 0.29) is 31.4 Å². The lowest BCUT2D eigenvalue weighted by Crippen LogP contribution is -2.23. The second kappa shape index (κ2) is 9.16. The van der Waals surface area contributed by atoms with Gasteiger partial charge in [0, 0.05) is 12.1 Å². The number of hydrogen-bond donors (Lipinski definition) is 0. The Labute approximate surface area is 190 Å². The number of esters is 1. The maximum Gasteiger partial charge on any atom is 0.326 e. The number of fused-ring (bicyclic) bond motifs is 2. The van der Waals surface area contributed by atoms with Crippen LogP contribution >= 0.6 is 11.3 Å². The van der Waals surface area contributed by atoms with Crippen LogP contribution in [0.15, 0.2) is 29.3 Å².